The number of pyridine rings is 1. The zero-order valence-corrected chi connectivity index (χ0v) is 24.0. The fraction of sp³-hybridized carbons (Fsp3) is 0.194. The molecule has 0 bridgehead atoms. The minimum Gasteiger partial charge on any atom is -0.455 e. The first-order valence-corrected chi connectivity index (χ1v) is 17.0. The normalized spacial score (nSPS) is 16.4. The van der Waals surface area contributed by atoms with Crippen LogP contribution in [0.15, 0.2) is 102 Å². The highest BCUT2D eigenvalue weighted by molar-refractivity contribution is 7.01. The minimum atomic E-state index is -1.75. The molecule has 2 nitrogen and oxygen atoms in total. The van der Waals surface area contributed by atoms with E-state index in [9.17, 15) is 0 Å². The Bertz CT molecular complexity index is 1970. The molecule has 3 heteroatoms. The summed E-state index contributed by atoms with van der Waals surface area (Å²) in [5.41, 5.74) is 11.4. The predicted octanol–water partition coefficient (Wildman–Crippen LogP) is 7.27. The van der Waals surface area contributed by atoms with Gasteiger partial charge in [0.25, 0.3) is 0 Å². The Labute approximate surface area is 230 Å². The minimum absolute atomic E-state index is 0.211. The number of aryl methyl sites for hydroxylation is 2. The Hall–Kier alpha value is -3.95. The van der Waals surface area contributed by atoms with Gasteiger partial charge in [-0.1, -0.05) is 96.3 Å². The highest BCUT2D eigenvalue weighted by Crippen LogP contribution is 2.55. The van der Waals surface area contributed by atoms with E-state index in [2.05, 4.69) is 123 Å². The summed E-state index contributed by atoms with van der Waals surface area (Å²) in [6.07, 6.45) is 4.71. The third-order valence-electron chi connectivity index (χ3n) is 9.57. The number of aromatic nitrogens is 1. The lowest BCUT2D eigenvalue weighted by molar-refractivity contribution is -0.660. The maximum atomic E-state index is 6.48. The topological polar surface area (TPSA) is 17.0 Å². The van der Waals surface area contributed by atoms with E-state index in [1.807, 2.05) is 6.07 Å². The Kier molecular flexibility index (Phi) is 4.60. The monoisotopic (exact) mass is 522 g/mol. The third-order valence-corrected chi connectivity index (χ3v) is 13.1. The molecule has 0 N–H and O–H groups in total. The Morgan fingerprint density at radius 2 is 1.49 bits per heavy atom. The van der Waals surface area contributed by atoms with Gasteiger partial charge in [-0.05, 0) is 53.6 Å². The molecule has 8 rings (SSSR count). The lowest BCUT2D eigenvalue weighted by Gasteiger charge is -2.39. The molecule has 1 aliphatic heterocycles. The van der Waals surface area contributed by atoms with E-state index < -0.39 is 8.07 Å². The van der Waals surface area contributed by atoms with Gasteiger partial charge in [0, 0.05) is 28.3 Å². The summed E-state index contributed by atoms with van der Waals surface area (Å²) < 4.78 is 8.70. The molecule has 39 heavy (non-hydrogen) atoms. The SMILES string of the molecule is Cc1ccc2c(oc3ccccc32)c1-c1cc(-c2ccc3c(c2)C2(CC2)c2ccccc2[Si]3(C)C)cc[n+]1C. The Morgan fingerprint density at radius 3 is 2.33 bits per heavy atom. The molecule has 0 radical (unpaired) electrons. The summed E-state index contributed by atoms with van der Waals surface area (Å²) in [4.78, 5) is 0. The lowest BCUT2D eigenvalue weighted by atomic mass is 9.85. The van der Waals surface area contributed by atoms with Crippen LogP contribution in [0.4, 0.5) is 0 Å². The summed E-state index contributed by atoms with van der Waals surface area (Å²) in [5.74, 6) is 0. The molecular formula is C36H32NOSi+. The summed E-state index contributed by atoms with van der Waals surface area (Å²) in [5, 5.41) is 5.59. The second-order valence-corrected chi connectivity index (χ2v) is 16.5. The van der Waals surface area contributed by atoms with Crippen LogP contribution in [0.1, 0.15) is 29.5 Å². The number of fused-ring (bicyclic) bond motifs is 7. The van der Waals surface area contributed by atoms with E-state index in [0.717, 1.165) is 11.2 Å². The van der Waals surface area contributed by atoms with Crippen LogP contribution in [0.25, 0.3) is 44.3 Å². The summed E-state index contributed by atoms with van der Waals surface area (Å²) in [6, 6.07) is 34.0. The molecule has 190 valence electrons. The van der Waals surface area contributed by atoms with Crippen molar-refractivity contribution in [3.8, 4) is 22.4 Å². The van der Waals surface area contributed by atoms with Gasteiger partial charge in [0.15, 0.2) is 6.20 Å². The number of hydrogen-bond donors (Lipinski definition) is 0. The average molecular weight is 523 g/mol. The van der Waals surface area contributed by atoms with Crippen molar-refractivity contribution in [3.63, 3.8) is 0 Å². The molecular weight excluding hydrogens is 490 g/mol. The van der Waals surface area contributed by atoms with Gasteiger partial charge >= 0.3 is 0 Å². The van der Waals surface area contributed by atoms with E-state index in [1.165, 1.54) is 51.6 Å². The van der Waals surface area contributed by atoms with Crippen LogP contribution >= 0.6 is 0 Å². The molecule has 1 spiro atoms. The van der Waals surface area contributed by atoms with Crippen LogP contribution in [0, 0.1) is 6.92 Å². The molecule has 1 saturated carbocycles. The highest BCUT2D eigenvalue weighted by Gasteiger charge is 2.54. The number of hydrogen-bond acceptors (Lipinski definition) is 1. The van der Waals surface area contributed by atoms with Crippen molar-refractivity contribution >= 4 is 40.4 Å². The first-order chi connectivity index (χ1) is 18.9. The van der Waals surface area contributed by atoms with Gasteiger partial charge in [0.05, 0.1) is 5.56 Å². The number of furan rings is 1. The number of benzene rings is 4. The molecule has 0 atom stereocenters. The zero-order chi connectivity index (χ0) is 26.5. The van der Waals surface area contributed by atoms with Crippen molar-refractivity contribution in [1.29, 1.82) is 0 Å². The molecule has 3 heterocycles. The van der Waals surface area contributed by atoms with E-state index in [1.54, 1.807) is 21.5 Å². The van der Waals surface area contributed by atoms with Crippen molar-refractivity contribution in [2.75, 3.05) is 0 Å². The summed E-state index contributed by atoms with van der Waals surface area (Å²) in [6.45, 7) is 7.24. The van der Waals surface area contributed by atoms with Crippen molar-refractivity contribution in [2.24, 2.45) is 7.05 Å². The number of nitrogens with zero attached hydrogens (tertiary/aromatic N) is 1. The second kappa shape index (κ2) is 7.80. The fourth-order valence-electron chi connectivity index (χ4n) is 7.27. The van der Waals surface area contributed by atoms with E-state index in [-0.39, 0.29) is 5.41 Å². The van der Waals surface area contributed by atoms with Crippen LogP contribution < -0.4 is 14.9 Å². The molecule has 2 aliphatic rings. The smallest absolute Gasteiger partial charge is 0.216 e. The van der Waals surface area contributed by atoms with E-state index >= 15 is 0 Å². The van der Waals surface area contributed by atoms with Gasteiger partial charge in [-0.2, -0.15) is 0 Å². The average Bonchev–Trinajstić information content (AvgIpc) is 3.67. The highest BCUT2D eigenvalue weighted by atomic mass is 28.3. The first-order valence-electron chi connectivity index (χ1n) is 14.0. The molecule has 0 unspecified atom stereocenters. The van der Waals surface area contributed by atoms with Crippen LogP contribution in [0.2, 0.25) is 13.1 Å². The Balaban J connectivity index is 1.32. The van der Waals surface area contributed by atoms with Gasteiger partial charge in [0.1, 0.15) is 26.3 Å². The zero-order valence-electron chi connectivity index (χ0n) is 23.0. The molecule has 2 aromatic heterocycles. The van der Waals surface area contributed by atoms with Crippen molar-refractivity contribution in [2.45, 2.75) is 38.3 Å². The maximum Gasteiger partial charge on any atom is 0.216 e. The lowest BCUT2D eigenvalue weighted by Crippen LogP contribution is -2.60. The van der Waals surface area contributed by atoms with Gasteiger partial charge in [-0.3, -0.25) is 0 Å². The molecule has 0 saturated heterocycles. The van der Waals surface area contributed by atoms with Crippen LogP contribution in [0.3, 0.4) is 0 Å². The van der Waals surface area contributed by atoms with Gasteiger partial charge in [-0.15, -0.1) is 0 Å². The van der Waals surface area contributed by atoms with Gasteiger partial charge in [0.2, 0.25) is 5.69 Å². The Morgan fingerprint density at radius 1 is 0.744 bits per heavy atom. The second-order valence-electron chi connectivity index (χ2n) is 12.2. The van der Waals surface area contributed by atoms with Crippen molar-refractivity contribution < 1.29 is 8.98 Å². The van der Waals surface area contributed by atoms with Crippen LogP contribution in [-0.2, 0) is 12.5 Å². The molecule has 1 fully saturated rings. The van der Waals surface area contributed by atoms with E-state index in [4.69, 9.17) is 4.42 Å². The van der Waals surface area contributed by atoms with Crippen LogP contribution in [-0.4, -0.2) is 8.07 Å². The third kappa shape index (κ3) is 3.11. The largest absolute Gasteiger partial charge is 0.455 e. The van der Waals surface area contributed by atoms with Crippen molar-refractivity contribution in [3.05, 3.63) is 114 Å². The molecule has 0 amide bonds. The fourth-order valence-corrected chi connectivity index (χ4v) is 10.6. The van der Waals surface area contributed by atoms with Gasteiger partial charge in [-0.25, -0.2) is 4.57 Å². The first kappa shape index (κ1) is 23.0. The quantitative estimate of drug-likeness (QED) is 0.173. The molecule has 6 aromatic rings. The number of rotatable bonds is 2. The molecule has 4 aromatic carbocycles. The maximum absolute atomic E-state index is 6.48. The van der Waals surface area contributed by atoms with Crippen LogP contribution in [0.5, 0.6) is 0 Å². The summed E-state index contributed by atoms with van der Waals surface area (Å²) >= 11 is 0. The summed E-state index contributed by atoms with van der Waals surface area (Å²) in [7, 11) is 0.388. The predicted molar refractivity (Wildman–Crippen MR) is 164 cm³/mol. The number of para-hydroxylation sites is 1. The van der Waals surface area contributed by atoms with E-state index in [0.29, 0.717) is 0 Å². The molecule has 1 aliphatic carbocycles. The van der Waals surface area contributed by atoms with Gasteiger partial charge < -0.3 is 4.42 Å². The standard InChI is InChI=1S/C36H32NOSi/c1-23-13-15-27-26-9-5-7-11-31(26)38-35(27)34(23)30-22-25(17-20-37(30)2)24-14-16-33-29(21-24)36(18-19-36)28-10-6-8-12-32(28)39(33,3)4/h5-17,20-22H,18-19H2,1-4H3/q+1. The van der Waals surface area contributed by atoms with Crippen molar-refractivity contribution in [1.82, 2.24) is 0 Å².